The molecule has 1 fully saturated rings. The Hall–Kier alpha value is -2.89. The number of fused-ring (bicyclic) bond motifs is 1. The maximum atomic E-state index is 12.9. The summed E-state index contributed by atoms with van der Waals surface area (Å²) in [6.07, 6.45) is 4.85. The standard InChI is InChI=1S/C19H20N4O2/c1-11-5-6-14-15(8-11)22-18(21-14)16-4-3-7-23(16)19(25)13-10-20-9-12(2)17(13)24/h5-6,8-10,16H,3-4,7H2,1-2H3,(H,20,24)(H,21,22). The number of carbonyl (C=O) groups excluding carboxylic acids is 1. The van der Waals surface area contributed by atoms with Crippen LogP contribution in [0.4, 0.5) is 0 Å². The van der Waals surface area contributed by atoms with E-state index in [2.05, 4.69) is 21.0 Å². The van der Waals surface area contributed by atoms with Gasteiger partial charge in [0.15, 0.2) is 5.43 Å². The molecule has 2 aromatic heterocycles. The molecule has 0 spiro atoms. The second-order valence-electron chi connectivity index (χ2n) is 6.68. The largest absolute Gasteiger partial charge is 0.366 e. The highest BCUT2D eigenvalue weighted by molar-refractivity contribution is 5.94. The van der Waals surface area contributed by atoms with Gasteiger partial charge >= 0.3 is 0 Å². The maximum absolute atomic E-state index is 12.9. The number of nitrogens with one attached hydrogen (secondary N) is 2. The number of imidazole rings is 1. The van der Waals surface area contributed by atoms with Crippen LogP contribution in [0.2, 0.25) is 0 Å². The van der Waals surface area contributed by atoms with Gasteiger partial charge in [-0.2, -0.15) is 0 Å². The SMILES string of the molecule is Cc1ccc2nc(C3CCCN3C(=O)c3c[nH]cc(C)c3=O)[nH]c2c1. The molecule has 3 aromatic rings. The number of hydrogen-bond donors (Lipinski definition) is 2. The highest BCUT2D eigenvalue weighted by Gasteiger charge is 2.33. The number of benzene rings is 1. The van der Waals surface area contributed by atoms with Crippen LogP contribution in [0, 0.1) is 13.8 Å². The fraction of sp³-hybridized carbons (Fsp3) is 0.316. The summed E-state index contributed by atoms with van der Waals surface area (Å²) >= 11 is 0. The molecule has 4 rings (SSSR count). The summed E-state index contributed by atoms with van der Waals surface area (Å²) < 4.78 is 0. The summed E-state index contributed by atoms with van der Waals surface area (Å²) in [7, 11) is 0. The Morgan fingerprint density at radius 3 is 2.96 bits per heavy atom. The average Bonchev–Trinajstić information content (AvgIpc) is 3.22. The third kappa shape index (κ3) is 2.63. The Kier molecular flexibility index (Phi) is 3.67. The first kappa shape index (κ1) is 15.6. The Balaban J connectivity index is 1.71. The van der Waals surface area contributed by atoms with E-state index in [1.165, 1.54) is 6.20 Å². The van der Waals surface area contributed by atoms with E-state index in [0.717, 1.165) is 35.3 Å². The molecule has 0 saturated carbocycles. The number of amides is 1. The number of carbonyl (C=O) groups is 1. The van der Waals surface area contributed by atoms with Crippen LogP contribution in [0.3, 0.4) is 0 Å². The zero-order valence-corrected chi connectivity index (χ0v) is 14.3. The van der Waals surface area contributed by atoms with Gasteiger partial charge in [-0.15, -0.1) is 0 Å². The molecule has 1 unspecified atom stereocenters. The minimum atomic E-state index is -0.232. The van der Waals surface area contributed by atoms with E-state index in [-0.39, 0.29) is 22.9 Å². The van der Waals surface area contributed by atoms with E-state index in [9.17, 15) is 9.59 Å². The number of likely N-dealkylation sites (tertiary alicyclic amines) is 1. The summed E-state index contributed by atoms with van der Waals surface area (Å²) in [6, 6.07) is 5.94. The van der Waals surface area contributed by atoms with Crippen LogP contribution in [-0.2, 0) is 0 Å². The van der Waals surface area contributed by atoms with Gasteiger partial charge in [-0.1, -0.05) is 6.07 Å². The van der Waals surface area contributed by atoms with Gasteiger partial charge in [0.25, 0.3) is 5.91 Å². The molecule has 1 amide bonds. The van der Waals surface area contributed by atoms with Crippen molar-refractivity contribution in [3.8, 4) is 0 Å². The van der Waals surface area contributed by atoms with Crippen LogP contribution in [0.15, 0.2) is 35.4 Å². The van der Waals surface area contributed by atoms with Crippen molar-refractivity contribution in [3.63, 3.8) is 0 Å². The first-order valence-electron chi connectivity index (χ1n) is 8.49. The molecule has 1 atom stereocenters. The van der Waals surface area contributed by atoms with Gasteiger partial charge in [-0.05, 0) is 44.4 Å². The molecule has 0 aliphatic carbocycles. The molecular weight excluding hydrogens is 316 g/mol. The topological polar surface area (TPSA) is 81.8 Å². The highest BCUT2D eigenvalue weighted by Crippen LogP contribution is 2.32. The third-order valence-electron chi connectivity index (χ3n) is 4.85. The van der Waals surface area contributed by atoms with E-state index in [1.807, 2.05) is 19.1 Å². The van der Waals surface area contributed by atoms with E-state index >= 15 is 0 Å². The van der Waals surface area contributed by atoms with Crippen molar-refractivity contribution < 1.29 is 4.79 Å². The van der Waals surface area contributed by atoms with Crippen molar-refractivity contribution in [2.75, 3.05) is 6.54 Å². The van der Waals surface area contributed by atoms with Crippen LogP contribution in [0.5, 0.6) is 0 Å². The summed E-state index contributed by atoms with van der Waals surface area (Å²) in [5.74, 6) is 0.555. The van der Waals surface area contributed by atoms with Crippen molar-refractivity contribution in [2.24, 2.45) is 0 Å². The monoisotopic (exact) mass is 336 g/mol. The number of aryl methyl sites for hydroxylation is 2. The molecular formula is C19H20N4O2. The summed E-state index contributed by atoms with van der Waals surface area (Å²) in [5.41, 5.74) is 3.55. The van der Waals surface area contributed by atoms with Crippen LogP contribution in [0.25, 0.3) is 11.0 Å². The number of H-pyrrole nitrogens is 2. The van der Waals surface area contributed by atoms with Crippen LogP contribution in [-0.4, -0.2) is 32.3 Å². The Labute approximate surface area is 144 Å². The smallest absolute Gasteiger partial charge is 0.259 e. The van der Waals surface area contributed by atoms with E-state index in [1.54, 1.807) is 18.0 Å². The summed E-state index contributed by atoms with van der Waals surface area (Å²) in [4.78, 5) is 37.9. The molecule has 3 heterocycles. The maximum Gasteiger partial charge on any atom is 0.259 e. The van der Waals surface area contributed by atoms with E-state index in [0.29, 0.717) is 12.1 Å². The average molecular weight is 336 g/mol. The van der Waals surface area contributed by atoms with Crippen LogP contribution >= 0.6 is 0 Å². The second-order valence-corrected chi connectivity index (χ2v) is 6.68. The Morgan fingerprint density at radius 2 is 2.12 bits per heavy atom. The van der Waals surface area contributed by atoms with Crippen LogP contribution in [0.1, 0.15) is 46.2 Å². The lowest BCUT2D eigenvalue weighted by molar-refractivity contribution is 0.0728. The summed E-state index contributed by atoms with van der Waals surface area (Å²) in [6.45, 7) is 4.38. The van der Waals surface area contributed by atoms with Crippen molar-refractivity contribution in [1.82, 2.24) is 19.9 Å². The zero-order valence-electron chi connectivity index (χ0n) is 14.3. The minimum absolute atomic E-state index is 0.125. The first-order chi connectivity index (χ1) is 12.0. The number of aromatic nitrogens is 3. The quantitative estimate of drug-likeness (QED) is 0.755. The number of rotatable bonds is 2. The molecule has 1 aliphatic heterocycles. The lowest BCUT2D eigenvalue weighted by Gasteiger charge is -2.23. The van der Waals surface area contributed by atoms with Gasteiger partial charge < -0.3 is 14.9 Å². The number of nitrogens with zero attached hydrogens (tertiary/aromatic N) is 2. The minimum Gasteiger partial charge on any atom is -0.366 e. The molecule has 128 valence electrons. The molecule has 6 heteroatoms. The third-order valence-corrected chi connectivity index (χ3v) is 4.85. The molecule has 1 saturated heterocycles. The lowest BCUT2D eigenvalue weighted by Crippen LogP contribution is -2.34. The molecule has 0 bridgehead atoms. The fourth-order valence-electron chi connectivity index (χ4n) is 3.50. The fourth-order valence-corrected chi connectivity index (χ4v) is 3.50. The molecule has 25 heavy (non-hydrogen) atoms. The van der Waals surface area contributed by atoms with E-state index in [4.69, 9.17) is 0 Å². The van der Waals surface area contributed by atoms with Crippen molar-refractivity contribution in [1.29, 1.82) is 0 Å². The van der Waals surface area contributed by atoms with Gasteiger partial charge in [0.05, 0.1) is 17.1 Å². The summed E-state index contributed by atoms with van der Waals surface area (Å²) in [5, 5.41) is 0. The van der Waals surface area contributed by atoms with Crippen LogP contribution < -0.4 is 5.43 Å². The molecule has 6 nitrogen and oxygen atoms in total. The first-order valence-corrected chi connectivity index (χ1v) is 8.49. The predicted molar refractivity (Wildman–Crippen MR) is 95.6 cm³/mol. The van der Waals surface area contributed by atoms with Gasteiger partial charge in [-0.25, -0.2) is 4.98 Å². The second kappa shape index (κ2) is 5.88. The molecule has 2 N–H and O–H groups in total. The van der Waals surface area contributed by atoms with Gasteiger partial charge in [0.1, 0.15) is 11.4 Å². The van der Waals surface area contributed by atoms with Gasteiger partial charge in [0.2, 0.25) is 0 Å². The number of aromatic amines is 2. The molecule has 0 radical (unpaired) electrons. The van der Waals surface area contributed by atoms with Crippen molar-refractivity contribution >= 4 is 16.9 Å². The highest BCUT2D eigenvalue weighted by atomic mass is 16.2. The van der Waals surface area contributed by atoms with Gasteiger partial charge in [-0.3, -0.25) is 9.59 Å². The lowest BCUT2D eigenvalue weighted by atomic mass is 10.1. The molecule has 1 aliphatic rings. The Morgan fingerprint density at radius 1 is 1.28 bits per heavy atom. The number of hydrogen-bond acceptors (Lipinski definition) is 3. The molecule has 1 aromatic carbocycles. The number of pyridine rings is 1. The van der Waals surface area contributed by atoms with Crippen molar-refractivity contribution in [2.45, 2.75) is 32.7 Å². The Bertz CT molecular complexity index is 1020. The van der Waals surface area contributed by atoms with E-state index < -0.39 is 0 Å². The van der Waals surface area contributed by atoms with Gasteiger partial charge in [0, 0.05) is 24.5 Å². The predicted octanol–water partition coefficient (Wildman–Crippen LogP) is 2.85. The van der Waals surface area contributed by atoms with Crippen molar-refractivity contribution in [3.05, 3.63) is 63.3 Å². The zero-order chi connectivity index (χ0) is 17.6. The normalized spacial score (nSPS) is 17.4.